The number of carbonyl (C=O) groups excluding carboxylic acids is 1. The summed E-state index contributed by atoms with van der Waals surface area (Å²) < 4.78 is 23.7. The minimum Gasteiger partial charge on any atom is -0.333 e. The van der Waals surface area contributed by atoms with Gasteiger partial charge in [0, 0.05) is 43.5 Å². The highest BCUT2D eigenvalue weighted by atomic mass is 32.2. The lowest BCUT2D eigenvalue weighted by molar-refractivity contribution is 0.0461. The number of amides is 1. The molecule has 1 saturated heterocycles. The van der Waals surface area contributed by atoms with Gasteiger partial charge in [0.1, 0.15) is 0 Å². The molecule has 0 bridgehead atoms. The van der Waals surface area contributed by atoms with Gasteiger partial charge >= 0.3 is 0 Å². The second kappa shape index (κ2) is 8.19. The summed E-state index contributed by atoms with van der Waals surface area (Å²) in [7, 11) is -2.68. The van der Waals surface area contributed by atoms with Gasteiger partial charge in [-0.3, -0.25) is 14.4 Å². The molecule has 1 aliphatic carbocycles. The number of rotatable bonds is 5. The zero-order valence-electron chi connectivity index (χ0n) is 14.7. The Morgan fingerprint density at radius 3 is 2.44 bits per heavy atom. The minimum absolute atomic E-state index is 0.0195. The van der Waals surface area contributed by atoms with Crippen LogP contribution in [0.5, 0.6) is 0 Å². The van der Waals surface area contributed by atoms with Gasteiger partial charge in [-0.2, -0.15) is 0 Å². The summed E-state index contributed by atoms with van der Waals surface area (Å²) in [5.74, 6) is 0.855. The van der Waals surface area contributed by atoms with E-state index in [4.69, 9.17) is 0 Å². The first-order chi connectivity index (χ1) is 12.0. The van der Waals surface area contributed by atoms with Crippen LogP contribution in [0.15, 0.2) is 24.3 Å². The van der Waals surface area contributed by atoms with Gasteiger partial charge in [0.05, 0.1) is 0 Å². The molecule has 7 heteroatoms. The van der Waals surface area contributed by atoms with Crippen LogP contribution in [-0.2, 0) is 10.9 Å². The molecule has 1 aromatic rings. The van der Waals surface area contributed by atoms with E-state index in [0.717, 1.165) is 25.6 Å². The Hall–Kier alpha value is -1.60. The van der Waals surface area contributed by atoms with E-state index in [0.29, 0.717) is 11.3 Å². The number of carbonyl (C=O) groups is 1. The number of nitrogens with zero attached hydrogens (tertiary/aromatic N) is 2. The highest BCUT2D eigenvalue weighted by Crippen LogP contribution is 2.26. The molecule has 1 amide bonds. The van der Waals surface area contributed by atoms with Crippen LogP contribution < -0.4 is 4.72 Å². The van der Waals surface area contributed by atoms with Gasteiger partial charge in [0.2, 0.25) is 10.9 Å². The summed E-state index contributed by atoms with van der Waals surface area (Å²) in [5.41, 5.74) is 1.07. The maximum absolute atomic E-state index is 12.8. The summed E-state index contributed by atoms with van der Waals surface area (Å²) in [6, 6.07) is 6.80. The quantitative estimate of drug-likeness (QED) is 0.783. The zero-order chi connectivity index (χ0) is 17.8. The van der Waals surface area contributed by atoms with Crippen molar-refractivity contribution in [1.29, 1.82) is 0 Å². The highest BCUT2D eigenvalue weighted by Gasteiger charge is 2.29. The van der Waals surface area contributed by atoms with Gasteiger partial charge in [-0.05, 0) is 49.9 Å². The maximum atomic E-state index is 12.8. The van der Waals surface area contributed by atoms with Crippen LogP contribution in [0.1, 0.15) is 43.0 Å². The first-order valence-electron chi connectivity index (χ1n) is 9.07. The lowest BCUT2D eigenvalue weighted by atomic mass is 10.1. The minimum atomic E-state index is -2.68. The molecule has 1 atom stereocenters. The smallest absolute Gasteiger partial charge is 0.254 e. The van der Waals surface area contributed by atoms with Gasteiger partial charge in [-0.25, -0.2) is 8.42 Å². The van der Waals surface area contributed by atoms with Crippen molar-refractivity contribution in [2.45, 2.75) is 38.6 Å². The molecule has 1 aliphatic heterocycles. The monoisotopic (exact) mass is 365 g/mol. The predicted molar refractivity (Wildman–Crippen MR) is 99.3 cm³/mol. The van der Waals surface area contributed by atoms with E-state index in [2.05, 4.69) is 16.5 Å². The van der Waals surface area contributed by atoms with Gasteiger partial charge in [-0.15, -0.1) is 0 Å². The number of piperazine rings is 1. The average Bonchev–Trinajstić information content (AvgIpc) is 3.07. The molecule has 6 nitrogen and oxygen atoms in total. The Bertz CT molecular complexity index is 661. The number of hydrogen-bond donors (Lipinski definition) is 2. The topological polar surface area (TPSA) is 69.7 Å². The normalized spacial score (nSPS) is 22.5. The van der Waals surface area contributed by atoms with E-state index in [1.807, 2.05) is 4.90 Å². The Morgan fingerprint density at radius 2 is 1.84 bits per heavy atom. The third-order valence-electron chi connectivity index (χ3n) is 5.32. The van der Waals surface area contributed by atoms with Gasteiger partial charge in [0.25, 0.3) is 5.91 Å². The lowest BCUT2D eigenvalue weighted by Gasteiger charge is -2.40. The summed E-state index contributed by atoms with van der Waals surface area (Å²) in [6.45, 7) is 5.89. The second-order valence-electron chi connectivity index (χ2n) is 7.20. The van der Waals surface area contributed by atoms with Crippen LogP contribution in [0.2, 0.25) is 0 Å². The van der Waals surface area contributed by atoms with E-state index in [1.54, 1.807) is 24.3 Å². The average molecular weight is 365 g/mol. The van der Waals surface area contributed by atoms with Gasteiger partial charge < -0.3 is 4.90 Å². The molecule has 0 spiro atoms. The fourth-order valence-corrected chi connectivity index (χ4v) is 4.38. The van der Waals surface area contributed by atoms with Crippen molar-refractivity contribution in [2.75, 3.05) is 30.9 Å². The molecule has 1 N–H and O–H groups in total. The number of hydrogen-bond acceptors (Lipinski definition) is 4. The van der Waals surface area contributed by atoms with Crippen molar-refractivity contribution in [3.8, 4) is 0 Å². The molecular formula is C18H27N3O3S. The molecule has 1 saturated carbocycles. The van der Waals surface area contributed by atoms with Crippen LogP contribution in [0.25, 0.3) is 0 Å². The SMILES string of the molecule is C[C@H]1CN(CC2CCCC2)CCN1C(=O)c1ccc(N[SH](=O)=O)cc1. The van der Waals surface area contributed by atoms with Crippen molar-refractivity contribution >= 4 is 22.5 Å². The highest BCUT2D eigenvalue weighted by molar-refractivity contribution is 7.73. The van der Waals surface area contributed by atoms with Crippen molar-refractivity contribution in [2.24, 2.45) is 5.92 Å². The van der Waals surface area contributed by atoms with Crippen LogP contribution >= 0.6 is 0 Å². The van der Waals surface area contributed by atoms with Crippen molar-refractivity contribution in [1.82, 2.24) is 9.80 Å². The molecule has 2 fully saturated rings. The lowest BCUT2D eigenvalue weighted by Crippen LogP contribution is -2.54. The summed E-state index contributed by atoms with van der Waals surface area (Å²) in [6.07, 6.45) is 5.43. The summed E-state index contributed by atoms with van der Waals surface area (Å²) in [4.78, 5) is 17.2. The van der Waals surface area contributed by atoms with E-state index >= 15 is 0 Å². The van der Waals surface area contributed by atoms with Crippen LogP contribution in [0, 0.1) is 5.92 Å². The molecule has 2 aliphatic rings. The van der Waals surface area contributed by atoms with Crippen LogP contribution in [-0.4, -0.2) is 56.3 Å². The Balaban J connectivity index is 1.57. The number of thiol groups is 1. The van der Waals surface area contributed by atoms with Crippen molar-refractivity contribution in [3.05, 3.63) is 29.8 Å². The summed E-state index contributed by atoms with van der Waals surface area (Å²) in [5, 5.41) is 0. The first kappa shape index (κ1) is 18.2. The Labute approximate surface area is 151 Å². The molecule has 0 radical (unpaired) electrons. The molecular weight excluding hydrogens is 338 g/mol. The molecule has 0 unspecified atom stereocenters. The third kappa shape index (κ3) is 4.73. The summed E-state index contributed by atoms with van der Waals surface area (Å²) >= 11 is 0. The Kier molecular flexibility index (Phi) is 5.96. The zero-order valence-corrected chi connectivity index (χ0v) is 15.6. The van der Waals surface area contributed by atoms with Gasteiger partial charge in [-0.1, -0.05) is 12.8 Å². The third-order valence-corrected chi connectivity index (χ3v) is 5.76. The largest absolute Gasteiger partial charge is 0.333 e. The number of anilines is 1. The van der Waals surface area contributed by atoms with Gasteiger partial charge in [0.15, 0.2) is 0 Å². The molecule has 25 heavy (non-hydrogen) atoms. The standard InChI is InChI=1S/C18H27N3O3S/c1-14-12-20(13-15-4-2-3-5-15)10-11-21(14)18(22)16-6-8-17(9-7-16)19-25(23)24/h6-9,14-15,25H,2-5,10-13H2,1H3,(H,19,23,24)/t14-/m0/s1. The fourth-order valence-electron chi connectivity index (χ4n) is 4.02. The Morgan fingerprint density at radius 1 is 1.16 bits per heavy atom. The molecule has 1 heterocycles. The van der Waals surface area contributed by atoms with E-state index in [-0.39, 0.29) is 11.9 Å². The number of benzene rings is 1. The predicted octanol–water partition coefficient (Wildman–Crippen LogP) is 1.96. The second-order valence-corrected chi connectivity index (χ2v) is 7.94. The molecule has 1 aromatic carbocycles. The van der Waals surface area contributed by atoms with Crippen LogP contribution in [0.3, 0.4) is 0 Å². The molecule has 0 aromatic heterocycles. The van der Waals surface area contributed by atoms with E-state index in [9.17, 15) is 13.2 Å². The molecule has 3 rings (SSSR count). The maximum Gasteiger partial charge on any atom is 0.254 e. The fraction of sp³-hybridized carbons (Fsp3) is 0.611. The van der Waals surface area contributed by atoms with E-state index in [1.165, 1.54) is 32.2 Å². The van der Waals surface area contributed by atoms with E-state index < -0.39 is 10.9 Å². The van der Waals surface area contributed by atoms with Crippen molar-refractivity contribution in [3.63, 3.8) is 0 Å². The molecule has 138 valence electrons. The first-order valence-corrected chi connectivity index (χ1v) is 10.2. The van der Waals surface area contributed by atoms with Crippen LogP contribution in [0.4, 0.5) is 5.69 Å². The van der Waals surface area contributed by atoms with Crippen molar-refractivity contribution < 1.29 is 13.2 Å². The number of nitrogens with one attached hydrogen (secondary N) is 1.